The number of hydrogen-bond acceptors (Lipinski definition) is 5. The van der Waals surface area contributed by atoms with E-state index in [2.05, 4.69) is 10.1 Å². The van der Waals surface area contributed by atoms with Crippen molar-refractivity contribution in [3.05, 3.63) is 82.7 Å². The molecule has 216 valence electrons. The Morgan fingerprint density at radius 3 is 2.34 bits per heavy atom. The lowest BCUT2D eigenvalue weighted by Gasteiger charge is -2.39. The number of rotatable bonds is 5. The molecule has 2 aromatic heterocycles. The SMILES string of the molecule is COc1ccc(-c2nc3c(C(=O)N4CCN(Cc5ccc(F)c(F)c5F)C[C@H]4C)cnn3c(C(F)(F)F)c2F)cc1. The highest BCUT2D eigenvalue weighted by atomic mass is 19.4. The number of carbonyl (C=O) groups excluding carboxylic acids is 1. The minimum absolute atomic E-state index is 0.0299. The normalized spacial score (nSPS) is 16.4. The van der Waals surface area contributed by atoms with Crippen molar-refractivity contribution in [3.63, 3.8) is 0 Å². The van der Waals surface area contributed by atoms with Gasteiger partial charge in [0.1, 0.15) is 17.0 Å². The van der Waals surface area contributed by atoms with Gasteiger partial charge in [0.2, 0.25) is 0 Å². The van der Waals surface area contributed by atoms with E-state index < -0.39 is 58.4 Å². The highest BCUT2D eigenvalue weighted by molar-refractivity contribution is 6.00. The Morgan fingerprint density at radius 1 is 1.00 bits per heavy atom. The number of carbonyl (C=O) groups is 1. The topological polar surface area (TPSA) is 63.0 Å². The van der Waals surface area contributed by atoms with Crippen LogP contribution in [0.2, 0.25) is 0 Å². The van der Waals surface area contributed by atoms with Crippen LogP contribution < -0.4 is 4.74 Å². The third-order valence-corrected chi connectivity index (χ3v) is 6.93. The van der Waals surface area contributed by atoms with Crippen molar-refractivity contribution in [2.24, 2.45) is 0 Å². The molecule has 1 fully saturated rings. The zero-order chi connectivity index (χ0) is 29.6. The van der Waals surface area contributed by atoms with Gasteiger partial charge < -0.3 is 9.64 Å². The maximum atomic E-state index is 15.2. The van der Waals surface area contributed by atoms with Gasteiger partial charge in [-0.15, -0.1) is 0 Å². The summed E-state index contributed by atoms with van der Waals surface area (Å²) in [7, 11) is 1.40. The van der Waals surface area contributed by atoms with Crippen LogP contribution in [-0.2, 0) is 12.7 Å². The number of methoxy groups -OCH3 is 1. The molecule has 1 atom stereocenters. The molecule has 0 unspecified atom stereocenters. The standard InChI is InChI=1S/C27H22F7N5O2/c1-14-12-37(13-16-5-8-19(28)21(30)20(16)29)9-10-38(14)26(40)18-11-35-39-24(27(32,33)34)22(31)23(36-25(18)39)15-3-6-17(41-2)7-4-15/h3-8,11,14H,9-10,12-13H2,1-2H3/t14-/m1/s1. The first kappa shape index (κ1) is 28.3. The highest BCUT2D eigenvalue weighted by Crippen LogP contribution is 2.36. The van der Waals surface area contributed by atoms with E-state index in [-0.39, 0.29) is 47.4 Å². The van der Waals surface area contributed by atoms with Crippen molar-refractivity contribution in [3.8, 4) is 17.0 Å². The number of halogens is 7. The monoisotopic (exact) mass is 581 g/mol. The zero-order valence-electron chi connectivity index (χ0n) is 21.6. The molecule has 0 saturated carbocycles. The summed E-state index contributed by atoms with van der Waals surface area (Å²) in [5.41, 5.74) is -3.10. The van der Waals surface area contributed by atoms with Gasteiger partial charge >= 0.3 is 6.18 Å². The number of fused-ring (bicyclic) bond motifs is 1. The van der Waals surface area contributed by atoms with Crippen LogP contribution in [0.15, 0.2) is 42.6 Å². The van der Waals surface area contributed by atoms with Crippen LogP contribution in [-0.4, -0.2) is 63.1 Å². The molecule has 0 radical (unpaired) electrons. The van der Waals surface area contributed by atoms with Crippen molar-refractivity contribution in [2.45, 2.75) is 25.7 Å². The molecule has 1 aliphatic rings. The Balaban J connectivity index is 1.46. The Bertz CT molecular complexity index is 1620. The maximum Gasteiger partial charge on any atom is 0.436 e. The molecule has 1 amide bonds. The molecular formula is C27H22F7N5O2. The number of alkyl halides is 3. The Morgan fingerprint density at radius 2 is 1.71 bits per heavy atom. The molecule has 0 bridgehead atoms. The lowest BCUT2D eigenvalue weighted by molar-refractivity contribution is -0.145. The first-order chi connectivity index (χ1) is 19.4. The summed E-state index contributed by atoms with van der Waals surface area (Å²) in [6, 6.07) is 7.01. The van der Waals surface area contributed by atoms with Gasteiger partial charge in [-0.1, -0.05) is 6.07 Å². The van der Waals surface area contributed by atoms with E-state index in [1.54, 1.807) is 11.8 Å². The highest BCUT2D eigenvalue weighted by Gasteiger charge is 2.41. The van der Waals surface area contributed by atoms with E-state index in [9.17, 15) is 31.1 Å². The van der Waals surface area contributed by atoms with Crippen molar-refractivity contribution in [1.29, 1.82) is 0 Å². The second kappa shape index (κ2) is 10.7. The molecule has 1 saturated heterocycles. The fraction of sp³-hybridized carbons (Fsp3) is 0.296. The Labute approximate surface area is 228 Å². The average Bonchev–Trinajstić information content (AvgIpc) is 3.35. The predicted octanol–water partition coefficient (Wildman–Crippen LogP) is 5.33. The average molecular weight is 581 g/mol. The number of benzene rings is 2. The number of piperazine rings is 1. The predicted molar refractivity (Wildman–Crippen MR) is 132 cm³/mol. The number of aromatic nitrogens is 3. The minimum atomic E-state index is -5.16. The quantitative estimate of drug-likeness (QED) is 0.236. The van der Waals surface area contributed by atoms with Crippen molar-refractivity contribution >= 4 is 11.6 Å². The molecule has 41 heavy (non-hydrogen) atoms. The molecule has 0 spiro atoms. The van der Waals surface area contributed by atoms with Crippen LogP contribution in [0.5, 0.6) is 5.75 Å². The Kier molecular flexibility index (Phi) is 7.36. The lowest BCUT2D eigenvalue weighted by Crippen LogP contribution is -2.53. The molecular weight excluding hydrogens is 559 g/mol. The molecule has 2 aromatic carbocycles. The van der Waals surface area contributed by atoms with E-state index in [4.69, 9.17) is 4.74 Å². The van der Waals surface area contributed by atoms with Crippen molar-refractivity contribution < 1.29 is 40.3 Å². The number of ether oxygens (including phenoxy) is 1. The van der Waals surface area contributed by atoms with Gasteiger partial charge in [0, 0.05) is 43.3 Å². The van der Waals surface area contributed by atoms with Crippen LogP contribution in [0.3, 0.4) is 0 Å². The van der Waals surface area contributed by atoms with Gasteiger partial charge in [-0.3, -0.25) is 9.69 Å². The fourth-order valence-corrected chi connectivity index (χ4v) is 4.87. The van der Waals surface area contributed by atoms with Gasteiger partial charge in [-0.25, -0.2) is 27.1 Å². The van der Waals surface area contributed by atoms with Crippen molar-refractivity contribution in [2.75, 3.05) is 26.7 Å². The zero-order valence-corrected chi connectivity index (χ0v) is 21.6. The van der Waals surface area contributed by atoms with Gasteiger partial charge in [0.15, 0.2) is 34.6 Å². The van der Waals surface area contributed by atoms with Crippen LogP contribution in [0, 0.1) is 23.3 Å². The summed E-state index contributed by atoms with van der Waals surface area (Å²) in [4.78, 5) is 20.7. The molecule has 0 N–H and O–H groups in total. The van der Waals surface area contributed by atoms with E-state index in [1.807, 2.05) is 0 Å². The van der Waals surface area contributed by atoms with Crippen LogP contribution in [0.1, 0.15) is 28.5 Å². The molecule has 14 heteroatoms. The van der Waals surface area contributed by atoms with E-state index >= 15 is 4.39 Å². The minimum Gasteiger partial charge on any atom is -0.497 e. The van der Waals surface area contributed by atoms with Crippen LogP contribution in [0.25, 0.3) is 16.9 Å². The first-order valence-electron chi connectivity index (χ1n) is 12.3. The summed E-state index contributed by atoms with van der Waals surface area (Å²) < 4.78 is 104. The summed E-state index contributed by atoms with van der Waals surface area (Å²) in [6.45, 7) is 2.12. The molecule has 0 aliphatic carbocycles. The van der Waals surface area contributed by atoms with Gasteiger partial charge in [-0.2, -0.15) is 18.3 Å². The maximum absolute atomic E-state index is 15.2. The molecule has 1 aliphatic heterocycles. The summed E-state index contributed by atoms with van der Waals surface area (Å²) >= 11 is 0. The molecule has 3 heterocycles. The molecule has 7 nitrogen and oxygen atoms in total. The third kappa shape index (κ3) is 5.19. The largest absolute Gasteiger partial charge is 0.497 e. The number of hydrogen-bond donors (Lipinski definition) is 0. The van der Waals surface area contributed by atoms with Crippen LogP contribution >= 0.6 is 0 Å². The van der Waals surface area contributed by atoms with Crippen LogP contribution in [0.4, 0.5) is 30.7 Å². The number of amides is 1. The van der Waals surface area contributed by atoms with E-state index in [0.717, 1.165) is 18.3 Å². The molecule has 5 rings (SSSR count). The summed E-state index contributed by atoms with van der Waals surface area (Å²) in [5, 5.41) is 3.65. The van der Waals surface area contributed by atoms with Gasteiger partial charge in [0.05, 0.1) is 13.3 Å². The van der Waals surface area contributed by atoms with Gasteiger partial charge in [0.25, 0.3) is 5.91 Å². The van der Waals surface area contributed by atoms with Gasteiger partial charge in [-0.05, 0) is 37.3 Å². The lowest BCUT2D eigenvalue weighted by atomic mass is 10.1. The summed E-state index contributed by atoms with van der Waals surface area (Å²) in [6.07, 6.45) is -4.25. The third-order valence-electron chi connectivity index (χ3n) is 6.93. The number of nitrogens with zero attached hydrogens (tertiary/aromatic N) is 5. The fourth-order valence-electron chi connectivity index (χ4n) is 4.87. The van der Waals surface area contributed by atoms with E-state index in [1.165, 1.54) is 36.3 Å². The van der Waals surface area contributed by atoms with E-state index in [0.29, 0.717) is 5.75 Å². The Hall–Kier alpha value is -4.20. The summed E-state index contributed by atoms with van der Waals surface area (Å²) in [5.74, 6) is -6.11. The molecule has 4 aromatic rings. The van der Waals surface area contributed by atoms with Crippen molar-refractivity contribution in [1.82, 2.24) is 24.4 Å². The second-order valence-electron chi connectivity index (χ2n) is 9.56. The second-order valence-corrected chi connectivity index (χ2v) is 9.56. The smallest absolute Gasteiger partial charge is 0.436 e. The first-order valence-corrected chi connectivity index (χ1v) is 12.3.